The van der Waals surface area contributed by atoms with Gasteiger partial charge in [-0.3, -0.25) is 4.90 Å². The summed E-state index contributed by atoms with van der Waals surface area (Å²) in [5.41, 5.74) is 14.2. The third-order valence-electron chi connectivity index (χ3n) is 13.1. The van der Waals surface area contributed by atoms with Crippen molar-refractivity contribution in [3.05, 3.63) is 261 Å². The van der Waals surface area contributed by atoms with Gasteiger partial charge in [0.15, 0.2) is 29.1 Å². The van der Waals surface area contributed by atoms with Crippen molar-refractivity contribution in [2.24, 2.45) is 0 Å². The number of anilines is 6. The standard InChI is InChI=1S/C65H43N9/c1-7-23-44(24-8-1)52-42-53(45-25-9-2-10-26-45)68-65(67-52)51-41-50(64-71-62(48-31-15-5-16-32-48)70-63(72-64)49-33-17-6-18-34-49)39-40-55(51)73-56-35-19-21-37-58(56)74(59-38-22-20-36-57(59)73)60-43-54(46-27-11-3-12-28-46)66-61(69-60)47-29-13-4-14-30-47/h1-43H. The molecule has 4 heterocycles. The van der Waals surface area contributed by atoms with Crippen molar-refractivity contribution in [1.82, 2.24) is 34.9 Å². The Morgan fingerprint density at radius 2 is 0.527 bits per heavy atom. The molecule has 0 spiro atoms. The Morgan fingerprint density at radius 3 is 0.946 bits per heavy atom. The number of aromatic nitrogens is 7. The Hall–Kier alpha value is -10.3. The van der Waals surface area contributed by atoms with E-state index >= 15 is 0 Å². The van der Waals surface area contributed by atoms with Crippen LogP contribution in [-0.2, 0) is 0 Å². The molecule has 1 aliphatic heterocycles. The maximum absolute atomic E-state index is 5.45. The lowest BCUT2D eigenvalue weighted by molar-refractivity contribution is 1.07. The number of hydrogen-bond donors (Lipinski definition) is 0. The molecule has 0 aliphatic carbocycles. The van der Waals surface area contributed by atoms with Crippen LogP contribution in [0.5, 0.6) is 0 Å². The summed E-state index contributed by atoms with van der Waals surface area (Å²) in [4.78, 5) is 41.4. The average molecular weight is 950 g/mol. The van der Waals surface area contributed by atoms with Crippen molar-refractivity contribution < 1.29 is 0 Å². The number of hydrogen-bond acceptors (Lipinski definition) is 9. The van der Waals surface area contributed by atoms with Crippen LogP contribution in [-0.4, -0.2) is 34.9 Å². The van der Waals surface area contributed by atoms with Gasteiger partial charge in [0.2, 0.25) is 0 Å². The Morgan fingerprint density at radius 1 is 0.203 bits per heavy atom. The lowest BCUT2D eigenvalue weighted by Gasteiger charge is -2.40. The van der Waals surface area contributed by atoms with Crippen molar-refractivity contribution in [1.29, 1.82) is 0 Å². The summed E-state index contributed by atoms with van der Waals surface area (Å²) in [6, 6.07) is 88.6. The van der Waals surface area contributed by atoms with Gasteiger partial charge in [-0.25, -0.2) is 34.9 Å². The van der Waals surface area contributed by atoms with Gasteiger partial charge in [0.25, 0.3) is 0 Å². The van der Waals surface area contributed by atoms with Crippen molar-refractivity contribution >= 4 is 34.3 Å². The van der Waals surface area contributed by atoms with Crippen LogP contribution in [0.2, 0.25) is 0 Å². The van der Waals surface area contributed by atoms with Gasteiger partial charge in [-0.15, -0.1) is 0 Å². The Kier molecular flexibility index (Phi) is 11.3. The molecule has 0 atom stereocenters. The maximum atomic E-state index is 5.45. The van der Waals surface area contributed by atoms with Crippen molar-refractivity contribution in [3.63, 3.8) is 0 Å². The number of para-hydroxylation sites is 4. The second-order valence-corrected chi connectivity index (χ2v) is 17.8. The fourth-order valence-corrected chi connectivity index (χ4v) is 9.54. The Balaban J connectivity index is 1.05. The molecule has 0 N–H and O–H groups in total. The van der Waals surface area contributed by atoms with E-state index in [9.17, 15) is 0 Å². The highest BCUT2D eigenvalue weighted by Crippen LogP contribution is 2.55. The minimum atomic E-state index is 0.519. The molecule has 0 amide bonds. The quantitative estimate of drug-likeness (QED) is 0.133. The molecule has 13 rings (SSSR count). The van der Waals surface area contributed by atoms with Crippen molar-refractivity contribution in [3.8, 4) is 90.7 Å². The third-order valence-corrected chi connectivity index (χ3v) is 13.1. The van der Waals surface area contributed by atoms with E-state index in [0.717, 1.165) is 95.8 Å². The first-order valence-corrected chi connectivity index (χ1v) is 24.5. The summed E-state index contributed by atoms with van der Waals surface area (Å²) in [5, 5.41) is 0. The van der Waals surface area contributed by atoms with E-state index in [-0.39, 0.29) is 0 Å². The van der Waals surface area contributed by atoms with Gasteiger partial charge in [-0.2, -0.15) is 0 Å². The summed E-state index contributed by atoms with van der Waals surface area (Å²) in [5.74, 6) is 3.57. The number of fused-ring (bicyclic) bond motifs is 2. The van der Waals surface area contributed by atoms with E-state index in [2.05, 4.69) is 137 Å². The molecular weight excluding hydrogens is 907 g/mol. The monoisotopic (exact) mass is 949 g/mol. The molecule has 0 saturated carbocycles. The van der Waals surface area contributed by atoms with Crippen LogP contribution >= 0.6 is 0 Å². The molecule has 74 heavy (non-hydrogen) atoms. The summed E-state index contributed by atoms with van der Waals surface area (Å²) < 4.78 is 0. The molecule has 9 heteroatoms. The van der Waals surface area contributed by atoms with Crippen LogP contribution < -0.4 is 9.80 Å². The van der Waals surface area contributed by atoms with Gasteiger partial charge in [-0.05, 0) is 48.5 Å². The highest BCUT2D eigenvalue weighted by Gasteiger charge is 2.33. The normalized spacial score (nSPS) is 11.7. The molecule has 3 aromatic heterocycles. The van der Waals surface area contributed by atoms with Crippen LogP contribution in [0.3, 0.4) is 0 Å². The van der Waals surface area contributed by atoms with Crippen LogP contribution in [0.1, 0.15) is 0 Å². The highest BCUT2D eigenvalue weighted by molar-refractivity contribution is 6.03. The Labute approximate surface area is 428 Å². The van der Waals surface area contributed by atoms with Gasteiger partial charge in [0, 0.05) is 50.6 Å². The van der Waals surface area contributed by atoms with Gasteiger partial charge in [0.05, 0.1) is 45.5 Å². The van der Waals surface area contributed by atoms with E-state index < -0.39 is 0 Å². The van der Waals surface area contributed by atoms with E-state index in [4.69, 9.17) is 34.9 Å². The molecule has 9 aromatic carbocycles. The number of rotatable bonds is 10. The topological polar surface area (TPSA) is 96.7 Å². The first-order valence-electron chi connectivity index (χ1n) is 24.5. The van der Waals surface area contributed by atoms with Crippen LogP contribution in [0.15, 0.2) is 261 Å². The molecule has 12 aromatic rings. The van der Waals surface area contributed by atoms with E-state index in [1.54, 1.807) is 0 Å². The average Bonchev–Trinajstić information content (AvgIpc) is 3.49. The van der Waals surface area contributed by atoms with Gasteiger partial charge in [0.1, 0.15) is 5.82 Å². The van der Waals surface area contributed by atoms with E-state index in [0.29, 0.717) is 29.1 Å². The molecule has 0 unspecified atom stereocenters. The lowest BCUT2D eigenvalue weighted by Crippen LogP contribution is -2.25. The minimum Gasteiger partial charge on any atom is -0.306 e. The zero-order valence-corrected chi connectivity index (χ0v) is 39.9. The zero-order chi connectivity index (χ0) is 49.2. The number of benzene rings is 9. The molecule has 0 bridgehead atoms. The Bertz CT molecular complexity index is 3730. The third kappa shape index (κ3) is 8.40. The first kappa shape index (κ1) is 43.7. The fraction of sp³-hybridized carbons (Fsp3) is 0. The van der Waals surface area contributed by atoms with Crippen LogP contribution in [0.25, 0.3) is 90.7 Å². The van der Waals surface area contributed by atoms with Gasteiger partial charge >= 0.3 is 0 Å². The molecular formula is C65H43N9. The maximum Gasteiger partial charge on any atom is 0.164 e. The van der Waals surface area contributed by atoms with Crippen LogP contribution in [0, 0.1) is 0 Å². The zero-order valence-electron chi connectivity index (χ0n) is 39.9. The fourth-order valence-electron chi connectivity index (χ4n) is 9.54. The summed E-state index contributed by atoms with van der Waals surface area (Å²) in [6.45, 7) is 0. The van der Waals surface area contributed by atoms with Crippen molar-refractivity contribution in [2.75, 3.05) is 9.80 Å². The molecule has 0 saturated heterocycles. The molecule has 348 valence electrons. The van der Waals surface area contributed by atoms with E-state index in [1.807, 2.05) is 133 Å². The van der Waals surface area contributed by atoms with Gasteiger partial charge < -0.3 is 4.90 Å². The van der Waals surface area contributed by atoms with Gasteiger partial charge in [-0.1, -0.05) is 206 Å². The van der Waals surface area contributed by atoms with Crippen LogP contribution in [0.4, 0.5) is 34.3 Å². The molecule has 9 nitrogen and oxygen atoms in total. The summed E-state index contributed by atoms with van der Waals surface area (Å²) in [7, 11) is 0. The number of nitrogens with zero attached hydrogens (tertiary/aromatic N) is 9. The molecule has 1 aliphatic rings. The predicted molar refractivity (Wildman–Crippen MR) is 297 cm³/mol. The lowest BCUT2D eigenvalue weighted by atomic mass is 10.0. The highest BCUT2D eigenvalue weighted by atomic mass is 15.3. The smallest absolute Gasteiger partial charge is 0.164 e. The largest absolute Gasteiger partial charge is 0.306 e. The minimum absolute atomic E-state index is 0.519. The summed E-state index contributed by atoms with van der Waals surface area (Å²) >= 11 is 0. The predicted octanol–water partition coefficient (Wildman–Crippen LogP) is 16.0. The molecule has 0 radical (unpaired) electrons. The molecule has 0 fully saturated rings. The SMILES string of the molecule is c1ccc(-c2cc(N3c4ccccc4N(c4ccc(-c5nc(-c6ccccc6)nc(-c6ccccc6)n5)cc4-c4nc(-c5ccccc5)cc(-c5ccccc5)n4)c4ccccc43)nc(-c3ccccc3)n2)cc1. The van der Waals surface area contributed by atoms with E-state index in [1.165, 1.54) is 0 Å². The summed E-state index contributed by atoms with van der Waals surface area (Å²) in [6.07, 6.45) is 0. The second-order valence-electron chi connectivity index (χ2n) is 17.8. The second kappa shape index (κ2) is 19.2. The van der Waals surface area contributed by atoms with Crippen molar-refractivity contribution in [2.45, 2.75) is 0 Å². The first-order chi connectivity index (χ1) is 36.7.